The first-order valence-corrected chi connectivity index (χ1v) is 11.7. The maximum Gasteiger partial charge on any atom is 0.408 e. The lowest BCUT2D eigenvalue weighted by Crippen LogP contribution is -2.54. The number of anilines is 1. The van der Waals surface area contributed by atoms with Gasteiger partial charge >= 0.3 is 6.09 Å². The minimum absolute atomic E-state index is 0.0908. The van der Waals surface area contributed by atoms with Gasteiger partial charge in [-0.3, -0.25) is 20.4 Å². The quantitative estimate of drug-likeness (QED) is 0.500. The summed E-state index contributed by atoms with van der Waals surface area (Å²) in [5.74, 6) is -1.26. The topological polar surface area (TPSA) is 122 Å². The van der Waals surface area contributed by atoms with Crippen LogP contribution >= 0.6 is 11.3 Å². The van der Waals surface area contributed by atoms with Crippen molar-refractivity contribution in [2.75, 3.05) is 31.2 Å². The first kappa shape index (κ1) is 24.5. The number of carbonyl (C=O) groups is 3. The van der Waals surface area contributed by atoms with Crippen LogP contribution in [-0.4, -0.2) is 55.2 Å². The molecule has 3 N–H and O–H groups in total. The van der Waals surface area contributed by atoms with Gasteiger partial charge in [0.25, 0.3) is 11.8 Å². The van der Waals surface area contributed by atoms with Crippen LogP contribution in [0.5, 0.6) is 0 Å². The lowest BCUT2D eigenvalue weighted by atomic mass is 9.99. The summed E-state index contributed by atoms with van der Waals surface area (Å²) >= 11 is 1.36. The van der Waals surface area contributed by atoms with Gasteiger partial charge in [-0.15, -0.1) is 11.3 Å². The summed E-state index contributed by atoms with van der Waals surface area (Å²) in [7, 11) is 0. The van der Waals surface area contributed by atoms with Crippen LogP contribution in [0.1, 0.15) is 36.3 Å². The van der Waals surface area contributed by atoms with E-state index >= 15 is 0 Å². The van der Waals surface area contributed by atoms with Gasteiger partial charge in [0.1, 0.15) is 18.3 Å². The number of hydrazine groups is 1. The van der Waals surface area contributed by atoms with Crippen molar-refractivity contribution in [1.29, 1.82) is 0 Å². The van der Waals surface area contributed by atoms with Gasteiger partial charge in [-0.05, 0) is 11.5 Å². The molecule has 1 fully saturated rings. The van der Waals surface area contributed by atoms with E-state index in [1.165, 1.54) is 11.3 Å². The number of hydrogen-bond acceptors (Lipinski definition) is 8. The molecule has 3 rings (SSSR count). The molecule has 1 saturated heterocycles. The largest absolute Gasteiger partial charge is 0.445 e. The van der Waals surface area contributed by atoms with E-state index in [1.54, 1.807) is 5.38 Å². The third-order valence-electron chi connectivity index (χ3n) is 5.29. The molecule has 0 aliphatic carbocycles. The van der Waals surface area contributed by atoms with Gasteiger partial charge < -0.3 is 19.7 Å². The molecule has 2 heterocycles. The summed E-state index contributed by atoms with van der Waals surface area (Å²) in [6.45, 7) is 6.50. The van der Waals surface area contributed by atoms with E-state index in [0.717, 1.165) is 10.7 Å². The lowest BCUT2D eigenvalue weighted by molar-refractivity contribution is -0.125. The van der Waals surface area contributed by atoms with E-state index < -0.39 is 23.9 Å². The average molecular weight is 476 g/mol. The minimum Gasteiger partial charge on any atom is -0.445 e. The molecule has 0 bridgehead atoms. The maximum absolute atomic E-state index is 12.7. The van der Waals surface area contributed by atoms with Crippen molar-refractivity contribution < 1.29 is 23.9 Å². The number of hydrogen-bond donors (Lipinski definition) is 3. The summed E-state index contributed by atoms with van der Waals surface area (Å²) in [6.07, 6.45) is -0.0692. The SMILES string of the molecule is CCC(C)C(NC(=O)OCc1ccccc1)C(=O)NNC(=O)c1csc(N2CCOCC2)n1. The predicted molar refractivity (Wildman–Crippen MR) is 124 cm³/mol. The van der Waals surface area contributed by atoms with Crippen LogP contribution in [0.3, 0.4) is 0 Å². The van der Waals surface area contributed by atoms with Crippen molar-refractivity contribution in [2.45, 2.75) is 32.9 Å². The summed E-state index contributed by atoms with van der Waals surface area (Å²) < 4.78 is 10.5. The Bertz CT molecular complexity index is 932. The first-order valence-electron chi connectivity index (χ1n) is 10.8. The van der Waals surface area contributed by atoms with Crippen LogP contribution in [0, 0.1) is 5.92 Å². The van der Waals surface area contributed by atoms with Gasteiger partial charge in [0, 0.05) is 18.5 Å². The van der Waals surface area contributed by atoms with Crippen molar-refractivity contribution >= 4 is 34.4 Å². The van der Waals surface area contributed by atoms with Gasteiger partial charge in [-0.2, -0.15) is 0 Å². The molecule has 1 aromatic carbocycles. The molecule has 0 spiro atoms. The number of rotatable bonds is 8. The Kier molecular flexibility index (Phi) is 9.02. The zero-order valence-corrected chi connectivity index (χ0v) is 19.5. The molecule has 1 aliphatic heterocycles. The molecule has 2 unspecified atom stereocenters. The second kappa shape index (κ2) is 12.2. The number of benzene rings is 1. The predicted octanol–water partition coefficient (Wildman–Crippen LogP) is 2.08. The van der Waals surface area contributed by atoms with Gasteiger partial charge in [0.05, 0.1) is 13.2 Å². The van der Waals surface area contributed by atoms with Crippen LogP contribution in [-0.2, 0) is 20.9 Å². The second-order valence-electron chi connectivity index (χ2n) is 7.63. The Morgan fingerprint density at radius 2 is 1.91 bits per heavy atom. The zero-order chi connectivity index (χ0) is 23.6. The van der Waals surface area contributed by atoms with E-state index in [1.807, 2.05) is 49.1 Å². The fourth-order valence-corrected chi connectivity index (χ4v) is 3.98. The third kappa shape index (κ3) is 7.16. The van der Waals surface area contributed by atoms with Gasteiger partial charge in [0.2, 0.25) is 0 Å². The van der Waals surface area contributed by atoms with E-state index in [9.17, 15) is 14.4 Å². The molecule has 2 aromatic rings. The highest BCUT2D eigenvalue weighted by Crippen LogP contribution is 2.21. The molecular weight excluding hydrogens is 446 g/mol. The third-order valence-corrected chi connectivity index (χ3v) is 6.19. The van der Waals surface area contributed by atoms with Crippen LogP contribution in [0.25, 0.3) is 0 Å². The van der Waals surface area contributed by atoms with Crippen molar-refractivity contribution in [3.63, 3.8) is 0 Å². The smallest absolute Gasteiger partial charge is 0.408 e. The number of nitrogens with one attached hydrogen (secondary N) is 3. The van der Waals surface area contributed by atoms with Gasteiger partial charge in [0.15, 0.2) is 5.13 Å². The Hall–Kier alpha value is -3.18. The minimum atomic E-state index is -0.877. The Balaban J connectivity index is 1.51. The Morgan fingerprint density at radius 3 is 2.61 bits per heavy atom. The van der Waals surface area contributed by atoms with Gasteiger partial charge in [-0.1, -0.05) is 50.6 Å². The summed E-state index contributed by atoms with van der Waals surface area (Å²) in [6, 6.07) is 8.37. The molecule has 0 saturated carbocycles. The van der Waals surface area contributed by atoms with E-state index in [4.69, 9.17) is 9.47 Å². The van der Waals surface area contributed by atoms with E-state index in [2.05, 4.69) is 21.2 Å². The fourth-order valence-electron chi connectivity index (χ4n) is 3.12. The molecule has 2 atom stereocenters. The molecule has 178 valence electrons. The fraction of sp³-hybridized carbons (Fsp3) is 0.455. The van der Waals surface area contributed by atoms with Crippen molar-refractivity contribution in [2.24, 2.45) is 5.92 Å². The van der Waals surface area contributed by atoms with E-state index in [-0.39, 0.29) is 18.2 Å². The van der Waals surface area contributed by atoms with Crippen molar-refractivity contribution in [1.82, 2.24) is 21.2 Å². The maximum atomic E-state index is 12.7. The van der Waals surface area contributed by atoms with Crippen LogP contribution in [0.15, 0.2) is 35.7 Å². The van der Waals surface area contributed by atoms with Crippen molar-refractivity contribution in [3.8, 4) is 0 Å². The number of thiazole rings is 1. The van der Waals surface area contributed by atoms with E-state index in [0.29, 0.717) is 32.7 Å². The normalized spacial score (nSPS) is 15.3. The average Bonchev–Trinajstić information content (AvgIpc) is 3.35. The number of morpholine rings is 1. The number of carbonyl (C=O) groups excluding carboxylic acids is 3. The first-order chi connectivity index (χ1) is 16.0. The zero-order valence-electron chi connectivity index (χ0n) is 18.7. The molecule has 33 heavy (non-hydrogen) atoms. The summed E-state index contributed by atoms with van der Waals surface area (Å²) in [4.78, 5) is 43.8. The molecule has 3 amide bonds. The highest BCUT2D eigenvalue weighted by molar-refractivity contribution is 7.13. The number of ether oxygens (including phenoxy) is 2. The standard InChI is InChI=1S/C22H29N5O5S/c1-3-15(2)18(24-22(30)32-13-16-7-5-4-6-8-16)20(29)26-25-19(28)17-14-33-21(23-17)27-9-11-31-12-10-27/h4-8,14-15,18H,3,9-13H2,1-2H3,(H,24,30)(H,25,28)(H,26,29). The highest BCUT2D eigenvalue weighted by Gasteiger charge is 2.27. The number of alkyl carbamates (subject to hydrolysis) is 1. The molecule has 0 radical (unpaired) electrons. The monoisotopic (exact) mass is 475 g/mol. The van der Waals surface area contributed by atoms with Gasteiger partial charge in [-0.25, -0.2) is 9.78 Å². The summed E-state index contributed by atoms with van der Waals surface area (Å²) in [5.41, 5.74) is 5.81. The summed E-state index contributed by atoms with van der Waals surface area (Å²) in [5, 5.41) is 4.96. The molecular formula is C22H29N5O5S. The number of aromatic nitrogens is 1. The van der Waals surface area contributed by atoms with Crippen LogP contribution in [0.4, 0.5) is 9.93 Å². The lowest BCUT2D eigenvalue weighted by Gasteiger charge is -2.26. The molecule has 11 heteroatoms. The molecule has 1 aliphatic rings. The number of amides is 3. The Morgan fingerprint density at radius 1 is 1.18 bits per heavy atom. The number of nitrogens with zero attached hydrogens (tertiary/aromatic N) is 2. The second-order valence-corrected chi connectivity index (χ2v) is 8.46. The molecule has 10 nitrogen and oxygen atoms in total. The molecule has 1 aromatic heterocycles. The highest BCUT2D eigenvalue weighted by atomic mass is 32.1. The van der Waals surface area contributed by atoms with Crippen molar-refractivity contribution in [3.05, 3.63) is 47.0 Å². The van der Waals surface area contributed by atoms with Crippen LogP contribution < -0.4 is 21.1 Å². The van der Waals surface area contributed by atoms with Crippen LogP contribution in [0.2, 0.25) is 0 Å². The Labute approximate surface area is 196 Å².